The molecule has 0 bridgehead atoms. The van der Waals surface area contributed by atoms with E-state index < -0.39 is 6.10 Å². The molecule has 0 saturated heterocycles. The van der Waals surface area contributed by atoms with Crippen LogP contribution in [-0.2, 0) is 20.0 Å². The third-order valence-corrected chi connectivity index (χ3v) is 2.81. The fourth-order valence-electron chi connectivity index (χ4n) is 1.74. The van der Waals surface area contributed by atoms with E-state index in [0.717, 1.165) is 12.1 Å². The lowest BCUT2D eigenvalue weighted by molar-refractivity contribution is 0.179. The number of aliphatic hydroxyl groups excluding tert-OH is 1. The van der Waals surface area contributed by atoms with Crippen molar-refractivity contribution in [3.05, 3.63) is 29.7 Å². The van der Waals surface area contributed by atoms with Crippen LogP contribution in [0.4, 0.5) is 5.82 Å². The van der Waals surface area contributed by atoms with Gasteiger partial charge < -0.3 is 10.8 Å². The second-order valence-corrected chi connectivity index (χ2v) is 4.03. The highest BCUT2D eigenvalue weighted by atomic mass is 16.3. The summed E-state index contributed by atoms with van der Waals surface area (Å²) in [5.74, 6) is 0.500. The first-order chi connectivity index (χ1) is 8.11. The molecular formula is C11H17N5O. The highest BCUT2D eigenvalue weighted by Gasteiger charge is 2.15. The summed E-state index contributed by atoms with van der Waals surface area (Å²) in [7, 11) is 1.75. The van der Waals surface area contributed by atoms with Gasteiger partial charge in [-0.1, -0.05) is 0 Å². The van der Waals surface area contributed by atoms with E-state index in [-0.39, 0.29) is 0 Å². The van der Waals surface area contributed by atoms with Gasteiger partial charge in [0.2, 0.25) is 0 Å². The molecule has 0 radical (unpaired) electrons. The lowest BCUT2D eigenvalue weighted by Gasteiger charge is -2.08. The summed E-state index contributed by atoms with van der Waals surface area (Å²) in [5.41, 5.74) is 7.46. The molecule has 0 saturated carbocycles. The number of hydrogen-bond acceptors (Lipinski definition) is 4. The molecule has 0 aliphatic rings. The van der Waals surface area contributed by atoms with Crippen LogP contribution in [0.1, 0.15) is 24.2 Å². The molecular weight excluding hydrogens is 218 g/mol. The van der Waals surface area contributed by atoms with E-state index in [4.69, 9.17) is 5.73 Å². The SMILES string of the molecule is CCn1cc(CC(O)c2cnn(C)c2N)cn1. The van der Waals surface area contributed by atoms with E-state index in [2.05, 4.69) is 10.2 Å². The van der Waals surface area contributed by atoms with Gasteiger partial charge in [-0.05, 0) is 12.5 Å². The summed E-state index contributed by atoms with van der Waals surface area (Å²) >= 11 is 0. The summed E-state index contributed by atoms with van der Waals surface area (Å²) in [6.45, 7) is 2.84. The summed E-state index contributed by atoms with van der Waals surface area (Å²) < 4.78 is 3.38. The average Bonchev–Trinajstić information content (AvgIpc) is 2.88. The van der Waals surface area contributed by atoms with E-state index in [1.807, 2.05) is 17.8 Å². The van der Waals surface area contributed by atoms with Gasteiger partial charge in [0, 0.05) is 31.8 Å². The lowest BCUT2D eigenvalue weighted by atomic mass is 10.1. The number of nitrogen functional groups attached to an aromatic ring is 1. The molecule has 3 N–H and O–H groups in total. The molecule has 0 aromatic carbocycles. The van der Waals surface area contributed by atoms with Crippen LogP contribution >= 0.6 is 0 Å². The number of aryl methyl sites for hydroxylation is 2. The second-order valence-electron chi connectivity index (χ2n) is 4.03. The Morgan fingerprint density at radius 2 is 2.18 bits per heavy atom. The molecule has 2 heterocycles. The maximum Gasteiger partial charge on any atom is 0.127 e. The molecule has 2 rings (SSSR count). The predicted molar refractivity (Wildman–Crippen MR) is 64.2 cm³/mol. The monoisotopic (exact) mass is 235 g/mol. The largest absolute Gasteiger partial charge is 0.388 e. The van der Waals surface area contributed by atoms with Gasteiger partial charge in [0.25, 0.3) is 0 Å². The van der Waals surface area contributed by atoms with E-state index >= 15 is 0 Å². The molecule has 0 fully saturated rings. The molecule has 1 atom stereocenters. The number of nitrogens with zero attached hydrogens (tertiary/aromatic N) is 4. The third kappa shape index (κ3) is 2.31. The summed E-state index contributed by atoms with van der Waals surface area (Å²) in [6, 6.07) is 0. The minimum absolute atomic E-state index is 0.496. The normalized spacial score (nSPS) is 12.9. The molecule has 17 heavy (non-hydrogen) atoms. The van der Waals surface area contributed by atoms with Crippen molar-refractivity contribution in [2.75, 3.05) is 5.73 Å². The fourth-order valence-corrected chi connectivity index (χ4v) is 1.74. The van der Waals surface area contributed by atoms with Gasteiger partial charge in [0.05, 0.1) is 18.5 Å². The molecule has 1 unspecified atom stereocenters. The van der Waals surface area contributed by atoms with Gasteiger partial charge >= 0.3 is 0 Å². The predicted octanol–water partition coefficient (Wildman–Crippen LogP) is 0.495. The third-order valence-electron chi connectivity index (χ3n) is 2.81. The Bertz CT molecular complexity index is 502. The van der Waals surface area contributed by atoms with Gasteiger partial charge in [0.1, 0.15) is 5.82 Å². The Balaban J connectivity index is 2.11. The van der Waals surface area contributed by atoms with Crippen LogP contribution in [0.3, 0.4) is 0 Å². The van der Waals surface area contributed by atoms with Crippen molar-refractivity contribution in [3.8, 4) is 0 Å². The first-order valence-electron chi connectivity index (χ1n) is 5.58. The zero-order valence-electron chi connectivity index (χ0n) is 10.0. The van der Waals surface area contributed by atoms with Crippen LogP contribution in [0.2, 0.25) is 0 Å². The topological polar surface area (TPSA) is 81.9 Å². The van der Waals surface area contributed by atoms with Crippen molar-refractivity contribution in [3.63, 3.8) is 0 Å². The van der Waals surface area contributed by atoms with Gasteiger partial charge in [0.15, 0.2) is 0 Å². The molecule has 92 valence electrons. The lowest BCUT2D eigenvalue weighted by Crippen LogP contribution is -2.05. The molecule has 6 heteroatoms. The van der Waals surface area contributed by atoms with Gasteiger partial charge in [-0.2, -0.15) is 10.2 Å². The Morgan fingerprint density at radius 3 is 2.71 bits per heavy atom. The summed E-state index contributed by atoms with van der Waals surface area (Å²) in [4.78, 5) is 0. The Labute approximate surface area is 99.7 Å². The quantitative estimate of drug-likeness (QED) is 0.808. The Morgan fingerprint density at radius 1 is 1.41 bits per heavy atom. The van der Waals surface area contributed by atoms with Gasteiger partial charge in [-0.25, -0.2) is 0 Å². The van der Waals surface area contributed by atoms with Crippen molar-refractivity contribution in [1.29, 1.82) is 0 Å². The molecule has 0 amide bonds. The van der Waals surface area contributed by atoms with Crippen LogP contribution in [0.5, 0.6) is 0 Å². The van der Waals surface area contributed by atoms with Crippen LogP contribution in [0, 0.1) is 0 Å². The first kappa shape index (κ1) is 11.7. The number of hydrogen-bond donors (Lipinski definition) is 2. The van der Waals surface area contributed by atoms with Crippen molar-refractivity contribution in [1.82, 2.24) is 19.6 Å². The van der Waals surface area contributed by atoms with E-state index in [9.17, 15) is 5.11 Å². The number of aromatic nitrogens is 4. The minimum Gasteiger partial charge on any atom is -0.388 e. The number of aliphatic hydroxyl groups is 1. The highest BCUT2D eigenvalue weighted by Crippen LogP contribution is 2.22. The average molecular weight is 235 g/mol. The molecule has 0 aliphatic carbocycles. The number of anilines is 1. The van der Waals surface area contributed by atoms with Gasteiger partial charge in [-0.3, -0.25) is 9.36 Å². The molecule has 2 aromatic rings. The Hall–Kier alpha value is -1.82. The van der Waals surface area contributed by atoms with Crippen LogP contribution in [0.25, 0.3) is 0 Å². The van der Waals surface area contributed by atoms with Gasteiger partial charge in [-0.15, -0.1) is 0 Å². The zero-order valence-corrected chi connectivity index (χ0v) is 10.0. The van der Waals surface area contributed by atoms with E-state index in [1.54, 1.807) is 24.1 Å². The van der Waals surface area contributed by atoms with Crippen molar-refractivity contribution in [2.24, 2.45) is 7.05 Å². The molecule has 6 nitrogen and oxygen atoms in total. The van der Waals surface area contributed by atoms with Crippen LogP contribution < -0.4 is 5.73 Å². The minimum atomic E-state index is -0.641. The van der Waals surface area contributed by atoms with Crippen LogP contribution in [-0.4, -0.2) is 24.7 Å². The summed E-state index contributed by atoms with van der Waals surface area (Å²) in [5, 5.41) is 18.3. The molecule has 2 aromatic heterocycles. The first-order valence-corrected chi connectivity index (χ1v) is 5.58. The molecule has 0 spiro atoms. The van der Waals surface area contributed by atoms with Crippen molar-refractivity contribution >= 4 is 5.82 Å². The fraction of sp³-hybridized carbons (Fsp3) is 0.455. The van der Waals surface area contributed by atoms with E-state index in [0.29, 0.717) is 17.8 Å². The second kappa shape index (κ2) is 4.58. The zero-order chi connectivity index (χ0) is 12.4. The number of nitrogens with two attached hydrogens (primary N) is 1. The summed E-state index contributed by atoms with van der Waals surface area (Å²) in [6.07, 6.45) is 5.15. The Kier molecular flexibility index (Phi) is 3.14. The standard InChI is InChI=1S/C11H17N5O/c1-3-16-7-8(5-14-16)4-10(17)9-6-13-15(2)11(9)12/h5-7,10,17H,3-4,12H2,1-2H3. The molecule has 0 aliphatic heterocycles. The van der Waals surface area contributed by atoms with Crippen molar-refractivity contribution < 1.29 is 5.11 Å². The smallest absolute Gasteiger partial charge is 0.127 e. The van der Waals surface area contributed by atoms with E-state index in [1.165, 1.54) is 0 Å². The maximum atomic E-state index is 10.1. The highest BCUT2D eigenvalue weighted by molar-refractivity contribution is 5.40. The number of rotatable bonds is 4. The van der Waals surface area contributed by atoms with Crippen LogP contribution in [0.15, 0.2) is 18.6 Å². The van der Waals surface area contributed by atoms with Crippen molar-refractivity contribution in [2.45, 2.75) is 26.0 Å². The maximum absolute atomic E-state index is 10.1.